The van der Waals surface area contributed by atoms with Gasteiger partial charge in [-0.25, -0.2) is 0 Å². The number of ether oxygens (including phenoxy) is 1. The van der Waals surface area contributed by atoms with E-state index in [0.29, 0.717) is 28.6 Å². The molecule has 0 spiro atoms. The average molecular weight is 477 g/mol. The number of aryl methyl sites for hydroxylation is 1. The smallest absolute Gasteiger partial charge is 0.295 e. The van der Waals surface area contributed by atoms with E-state index in [2.05, 4.69) is 0 Å². The van der Waals surface area contributed by atoms with Gasteiger partial charge in [0.25, 0.3) is 11.7 Å². The van der Waals surface area contributed by atoms with Crippen molar-refractivity contribution in [3.05, 3.63) is 68.7 Å². The molecule has 1 atom stereocenters. The van der Waals surface area contributed by atoms with Gasteiger partial charge in [-0.05, 0) is 69.4 Å². The topological polar surface area (TPSA) is 70.1 Å². The number of rotatable bonds is 7. The molecule has 2 aromatic carbocycles. The Morgan fingerprint density at radius 1 is 1.16 bits per heavy atom. The van der Waals surface area contributed by atoms with Gasteiger partial charge >= 0.3 is 0 Å². The molecule has 2 aromatic rings. The van der Waals surface area contributed by atoms with E-state index in [1.807, 2.05) is 25.9 Å². The number of benzene rings is 2. The summed E-state index contributed by atoms with van der Waals surface area (Å²) in [7, 11) is 5.32. The van der Waals surface area contributed by atoms with Crippen LogP contribution in [0.4, 0.5) is 0 Å². The zero-order valence-corrected chi connectivity index (χ0v) is 20.0. The van der Waals surface area contributed by atoms with Gasteiger partial charge in [-0.3, -0.25) is 9.59 Å². The molecule has 1 heterocycles. The second kappa shape index (κ2) is 9.94. The number of hydrogen-bond acceptors (Lipinski definition) is 5. The van der Waals surface area contributed by atoms with Crippen LogP contribution in [-0.2, 0) is 9.59 Å². The number of aliphatic hydroxyl groups excluding tert-OH is 1. The molecule has 1 N–H and O–H groups in total. The number of halogens is 2. The molecule has 0 saturated carbocycles. The van der Waals surface area contributed by atoms with Crippen LogP contribution in [0.5, 0.6) is 5.75 Å². The molecule has 0 aromatic heterocycles. The first-order valence-electron chi connectivity index (χ1n) is 10.2. The Morgan fingerprint density at radius 3 is 2.41 bits per heavy atom. The van der Waals surface area contributed by atoms with Gasteiger partial charge in [0, 0.05) is 11.6 Å². The Balaban J connectivity index is 2.18. The van der Waals surface area contributed by atoms with Crippen molar-refractivity contribution in [3.63, 3.8) is 0 Å². The van der Waals surface area contributed by atoms with E-state index in [4.69, 9.17) is 27.9 Å². The molecule has 1 saturated heterocycles. The third-order valence-electron chi connectivity index (χ3n) is 5.38. The van der Waals surface area contributed by atoms with Crippen LogP contribution in [0.2, 0.25) is 10.0 Å². The molecule has 6 nitrogen and oxygen atoms in total. The van der Waals surface area contributed by atoms with E-state index in [1.54, 1.807) is 36.4 Å². The lowest BCUT2D eigenvalue weighted by molar-refractivity contribution is -0.139. The zero-order chi connectivity index (χ0) is 23.6. The number of nitrogens with zero attached hydrogens (tertiary/aromatic N) is 2. The summed E-state index contributed by atoms with van der Waals surface area (Å²) in [5, 5.41) is 12.1. The highest BCUT2D eigenvalue weighted by molar-refractivity contribution is 6.46. The van der Waals surface area contributed by atoms with Crippen molar-refractivity contribution in [2.75, 3.05) is 34.3 Å². The Hall–Kier alpha value is -2.54. The molecule has 1 fully saturated rings. The van der Waals surface area contributed by atoms with Crippen molar-refractivity contribution in [2.45, 2.75) is 19.4 Å². The maximum Gasteiger partial charge on any atom is 0.295 e. The highest BCUT2D eigenvalue weighted by Gasteiger charge is 2.46. The number of carbonyl (C=O) groups is 2. The van der Waals surface area contributed by atoms with E-state index in [-0.39, 0.29) is 22.6 Å². The summed E-state index contributed by atoms with van der Waals surface area (Å²) in [6.45, 7) is 2.93. The van der Waals surface area contributed by atoms with Crippen molar-refractivity contribution in [3.8, 4) is 5.75 Å². The summed E-state index contributed by atoms with van der Waals surface area (Å²) >= 11 is 12.4. The highest BCUT2D eigenvalue weighted by Crippen LogP contribution is 2.42. The minimum atomic E-state index is -0.751. The van der Waals surface area contributed by atoms with Crippen LogP contribution in [0, 0.1) is 6.92 Å². The number of Topliss-reactive ketones (excluding diaryl/α,β-unsaturated/α-hetero) is 1. The van der Waals surface area contributed by atoms with Crippen molar-refractivity contribution >= 4 is 40.7 Å². The van der Waals surface area contributed by atoms with Gasteiger partial charge in [-0.15, -0.1) is 0 Å². The fourth-order valence-electron chi connectivity index (χ4n) is 3.92. The largest absolute Gasteiger partial charge is 0.507 e. The molecule has 0 bridgehead atoms. The summed E-state index contributed by atoms with van der Waals surface area (Å²) in [4.78, 5) is 29.6. The number of likely N-dealkylation sites (tertiary alicyclic amines) is 1. The van der Waals surface area contributed by atoms with Crippen LogP contribution in [0.15, 0.2) is 42.0 Å². The molecule has 3 rings (SSSR count). The highest BCUT2D eigenvalue weighted by atomic mass is 35.5. The minimum Gasteiger partial charge on any atom is -0.507 e. The Morgan fingerprint density at radius 2 is 1.81 bits per heavy atom. The third kappa shape index (κ3) is 4.77. The third-order valence-corrected chi connectivity index (χ3v) is 5.91. The Bertz CT molecular complexity index is 1060. The molecule has 1 amide bonds. The van der Waals surface area contributed by atoms with Crippen molar-refractivity contribution in [1.82, 2.24) is 9.80 Å². The number of aliphatic hydroxyl groups is 1. The number of ketones is 1. The molecule has 0 aliphatic carbocycles. The molecular weight excluding hydrogens is 451 g/mol. The number of hydrogen-bond donors (Lipinski definition) is 1. The summed E-state index contributed by atoms with van der Waals surface area (Å²) in [5.74, 6) is -1.47. The number of methoxy groups -OCH3 is 1. The SMILES string of the molecule is COc1c(Cl)cc(C)cc1/C(O)=C1\C(=O)C(=O)N(CCCN(C)C)C1c1ccc(Cl)cc1. The van der Waals surface area contributed by atoms with E-state index in [9.17, 15) is 14.7 Å². The molecule has 170 valence electrons. The zero-order valence-electron chi connectivity index (χ0n) is 18.5. The predicted molar refractivity (Wildman–Crippen MR) is 126 cm³/mol. The number of amides is 1. The predicted octanol–water partition coefficient (Wildman–Crippen LogP) is 4.68. The maximum absolute atomic E-state index is 13.1. The van der Waals surface area contributed by atoms with Crippen LogP contribution in [-0.4, -0.2) is 60.9 Å². The van der Waals surface area contributed by atoms with Crippen LogP contribution >= 0.6 is 23.2 Å². The molecule has 1 unspecified atom stereocenters. The average Bonchev–Trinajstić information content (AvgIpc) is 2.98. The van der Waals surface area contributed by atoms with Gasteiger partial charge < -0.3 is 19.6 Å². The summed E-state index contributed by atoms with van der Waals surface area (Å²) < 4.78 is 5.39. The van der Waals surface area contributed by atoms with Gasteiger partial charge in [0.05, 0.1) is 29.3 Å². The lowest BCUT2D eigenvalue weighted by Crippen LogP contribution is -2.32. The fraction of sp³-hybridized carbons (Fsp3) is 0.333. The van der Waals surface area contributed by atoms with E-state index < -0.39 is 17.7 Å². The molecule has 1 aliphatic rings. The van der Waals surface area contributed by atoms with E-state index in [1.165, 1.54) is 12.0 Å². The summed E-state index contributed by atoms with van der Waals surface area (Å²) in [6, 6.07) is 9.53. The summed E-state index contributed by atoms with van der Waals surface area (Å²) in [6.07, 6.45) is 0.670. The standard InChI is InChI=1S/C24H26Cl2N2O4/c1-14-12-17(23(32-4)18(26)13-14)21(29)19-20(15-6-8-16(25)9-7-15)28(24(31)22(19)30)11-5-10-27(2)3/h6-9,12-13,20,29H,5,10-11H2,1-4H3/b21-19+. The lowest BCUT2D eigenvalue weighted by Gasteiger charge is -2.26. The van der Waals surface area contributed by atoms with Crippen LogP contribution in [0.3, 0.4) is 0 Å². The molecule has 32 heavy (non-hydrogen) atoms. The first-order chi connectivity index (χ1) is 15.1. The van der Waals surface area contributed by atoms with Gasteiger partial charge in [-0.2, -0.15) is 0 Å². The van der Waals surface area contributed by atoms with Gasteiger partial charge in [0.2, 0.25) is 0 Å². The lowest BCUT2D eigenvalue weighted by atomic mass is 9.94. The van der Waals surface area contributed by atoms with Crippen LogP contribution < -0.4 is 4.74 Å². The van der Waals surface area contributed by atoms with Gasteiger partial charge in [0.1, 0.15) is 11.5 Å². The Labute approximate surface area is 198 Å². The molecule has 8 heteroatoms. The maximum atomic E-state index is 13.1. The summed E-state index contributed by atoms with van der Waals surface area (Å²) in [5.41, 5.74) is 1.73. The minimum absolute atomic E-state index is 0.00198. The van der Waals surface area contributed by atoms with Crippen LogP contribution in [0.1, 0.15) is 29.2 Å². The Kier molecular flexibility index (Phi) is 7.49. The van der Waals surface area contributed by atoms with Crippen molar-refractivity contribution in [2.24, 2.45) is 0 Å². The second-order valence-corrected chi connectivity index (χ2v) is 8.87. The second-order valence-electron chi connectivity index (χ2n) is 8.03. The molecule has 1 aliphatic heterocycles. The first kappa shape index (κ1) is 24.1. The normalized spacial score (nSPS) is 18.0. The van der Waals surface area contributed by atoms with Crippen LogP contribution in [0.25, 0.3) is 5.76 Å². The molecule has 0 radical (unpaired) electrons. The van der Waals surface area contributed by atoms with E-state index >= 15 is 0 Å². The monoisotopic (exact) mass is 476 g/mol. The van der Waals surface area contributed by atoms with Gasteiger partial charge in [0.15, 0.2) is 0 Å². The van der Waals surface area contributed by atoms with Crippen molar-refractivity contribution in [1.29, 1.82) is 0 Å². The fourth-order valence-corrected chi connectivity index (χ4v) is 4.39. The van der Waals surface area contributed by atoms with E-state index in [0.717, 1.165) is 12.1 Å². The first-order valence-corrected chi connectivity index (χ1v) is 10.9. The quantitative estimate of drug-likeness (QED) is 0.356. The number of carbonyl (C=O) groups excluding carboxylic acids is 2. The van der Waals surface area contributed by atoms with Gasteiger partial charge in [-0.1, -0.05) is 35.3 Å². The van der Waals surface area contributed by atoms with Crippen molar-refractivity contribution < 1.29 is 19.4 Å². The molecular formula is C24H26Cl2N2O4.